The number of carbonyl (C=O) groups excluding carboxylic acids is 1. The Labute approximate surface area is 163 Å². The third kappa shape index (κ3) is 5.86. The molecule has 0 aromatic heterocycles. The highest BCUT2D eigenvalue weighted by Gasteiger charge is 2.34. The fourth-order valence-electron chi connectivity index (χ4n) is 4.22. The average Bonchev–Trinajstić information content (AvgIpc) is 2.98. The summed E-state index contributed by atoms with van der Waals surface area (Å²) in [4.78, 5) is 12.4. The van der Waals surface area contributed by atoms with Crippen LogP contribution >= 0.6 is 0 Å². The molecule has 2 saturated heterocycles. The zero-order valence-electron chi connectivity index (χ0n) is 16.9. The number of amides is 1. The first kappa shape index (κ1) is 20.0. The lowest BCUT2D eigenvalue weighted by atomic mass is 9.89. The molecule has 5 heteroatoms. The summed E-state index contributed by atoms with van der Waals surface area (Å²) in [7, 11) is 1.65. The van der Waals surface area contributed by atoms with Gasteiger partial charge in [0.1, 0.15) is 0 Å². The number of fused-ring (bicyclic) bond motifs is 2. The van der Waals surface area contributed by atoms with E-state index in [9.17, 15) is 4.79 Å². The van der Waals surface area contributed by atoms with Crippen LogP contribution < -0.4 is 20.1 Å². The molecule has 27 heavy (non-hydrogen) atoms. The predicted molar refractivity (Wildman–Crippen MR) is 107 cm³/mol. The van der Waals surface area contributed by atoms with Gasteiger partial charge in [0.15, 0.2) is 11.5 Å². The minimum absolute atomic E-state index is 0.150. The highest BCUT2D eigenvalue weighted by atomic mass is 16.5. The van der Waals surface area contributed by atoms with Gasteiger partial charge in [-0.2, -0.15) is 0 Å². The van der Waals surface area contributed by atoms with Crippen molar-refractivity contribution in [3.8, 4) is 11.5 Å². The molecule has 3 rings (SSSR count). The molecule has 1 aromatic carbocycles. The Morgan fingerprint density at radius 2 is 1.96 bits per heavy atom. The van der Waals surface area contributed by atoms with Crippen LogP contribution in [0.1, 0.15) is 57.9 Å². The second-order valence-electron chi connectivity index (χ2n) is 8.47. The van der Waals surface area contributed by atoms with Gasteiger partial charge in [0.25, 0.3) is 0 Å². The third-order valence-electron chi connectivity index (χ3n) is 5.72. The van der Waals surface area contributed by atoms with E-state index < -0.39 is 0 Å². The van der Waals surface area contributed by atoms with E-state index in [-0.39, 0.29) is 5.91 Å². The predicted octanol–water partition coefficient (Wildman–Crippen LogP) is 3.66. The Bertz CT molecular complexity index is 620. The maximum Gasteiger partial charge on any atom is 0.220 e. The number of nitrogens with one attached hydrogen (secondary N) is 2. The minimum atomic E-state index is 0.150. The van der Waals surface area contributed by atoms with Crippen molar-refractivity contribution in [2.24, 2.45) is 11.8 Å². The van der Waals surface area contributed by atoms with Crippen LogP contribution in [0.5, 0.6) is 11.5 Å². The van der Waals surface area contributed by atoms with Gasteiger partial charge in [-0.3, -0.25) is 4.79 Å². The van der Waals surface area contributed by atoms with Crippen LogP contribution in [-0.4, -0.2) is 31.7 Å². The van der Waals surface area contributed by atoms with Crippen LogP contribution in [0, 0.1) is 11.8 Å². The van der Waals surface area contributed by atoms with Crippen molar-refractivity contribution in [1.29, 1.82) is 0 Å². The summed E-state index contributed by atoms with van der Waals surface area (Å²) in [6, 6.07) is 7.15. The largest absolute Gasteiger partial charge is 0.493 e. The summed E-state index contributed by atoms with van der Waals surface area (Å²) in [6.45, 7) is 5.57. The van der Waals surface area contributed by atoms with E-state index in [1.165, 1.54) is 12.8 Å². The summed E-state index contributed by atoms with van der Waals surface area (Å²) in [5.74, 6) is 2.77. The molecule has 2 heterocycles. The van der Waals surface area contributed by atoms with Crippen molar-refractivity contribution >= 4 is 5.91 Å². The van der Waals surface area contributed by atoms with E-state index in [4.69, 9.17) is 9.47 Å². The Kier molecular flexibility index (Phi) is 7.00. The van der Waals surface area contributed by atoms with Crippen molar-refractivity contribution in [3.05, 3.63) is 23.8 Å². The molecule has 5 nitrogen and oxygen atoms in total. The van der Waals surface area contributed by atoms with Gasteiger partial charge in [-0.15, -0.1) is 0 Å². The summed E-state index contributed by atoms with van der Waals surface area (Å²) >= 11 is 0. The number of rotatable bonds is 9. The standard InChI is InChI=1S/C22H34N2O3/c1-15(2)8-9-27-20-7-4-16(12-21(20)26-3)14-23-22(25)13-17-10-18-5-6-19(11-17)24-18/h4,7,12,15,17-19,24H,5-6,8-11,13-14H2,1-3H3,(H,23,25). The van der Waals surface area contributed by atoms with E-state index in [1.54, 1.807) is 7.11 Å². The van der Waals surface area contributed by atoms with Crippen LogP contribution in [0.4, 0.5) is 0 Å². The van der Waals surface area contributed by atoms with Crippen molar-refractivity contribution in [2.45, 2.75) is 71.0 Å². The van der Waals surface area contributed by atoms with Gasteiger partial charge in [0.05, 0.1) is 13.7 Å². The van der Waals surface area contributed by atoms with Crippen LogP contribution in [0.3, 0.4) is 0 Å². The molecule has 1 aromatic rings. The smallest absolute Gasteiger partial charge is 0.220 e. The third-order valence-corrected chi connectivity index (χ3v) is 5.72. The van der Waals surface area contributed by atoms with Crippen LogP contribution in [0.2, 0.25) is 0 Å². The van der Waals surface area contributed by atoms with Gasteiger partial charge in [-0.05, 0) is 61.6 Å². The Morgan fingerprint density at radius 1 is 1.22 bits per heavy atom. The lowest BCUT2D eigenvalue weighted by molar-refractivity contribution is -0.122. The molecule has 2 aliphatic rings. The average molecular weight is 375 g/mol. The van der Waals surface area contributed by atoms with Crippen molar-refractivity contribution in [1.82, 2.24) is 10.6 Å². The molecule has 0 aliphatic carbocycles. The van der Waals surface area contributed by atoms with Crippen molar-refractivity contribution in [3.63, 3.8) is 0 Å². The van der Waals surface area contributed by atoms with Gasteiger partial charge >= 0.3 is 0 Å². The van der Waals surface area contributed by atoms with Crippen LogP contribution in [0.25, 0.3) is 0 Å². The molecule has 1 amide bonds. The van der Waals surface area contributed by atoms with Crippen LogP contribution in [0.15, 0.2) is 18.2 Å². The van der Waals surface area contributed by atoms with Crippen molar-refractivity contribution < 1.29 is 14.3 Å². The van der Waals surface area contributed by atoms with Crippen molar-refractivity contribution in [2.75, 3.05) is 13.7 Å². The molecule has 0 radical (unpaired) electrons. The maximum absolute atomic E-state index is 12.4. The molecule has 2 N–H and O–H groups in total. The molecule has 2 aliphatic heterocycles. The van der Waals surface area contributed by atoms with Crippen LogP contribution in [-0.2, 0) is 11.3 Å². The van der Waals surface area contributed by atoms with E-state index in [1.807, 2.05) is 18.2 Å². The monoisotopic (exact) mass is 374 g/mol. The number of ether oxygens (including phenoxy) is 2. The number of benzene rings is 1. The number of hydrogen-bond donors (Lipinski definition) is 2. The molecule has 2 unspecified atom stereocenters. The highest BCUT2D eigenvalue weighted by molar-refractivity contribution is 5.76. The normalized spacial score (nSPS) is 24.1. The van der Waals surface area contributed by atoms with E-state index >= 15 is 0 Å². The quantitative estimate of drug-likeness (QED) is 0.693. The second kappa shape index (κ2) is 9.45. The number of hydrogen-bond acceptors (Lipinski definition) is 4. The zero-order valence-corrected chi connectivity index (χ0v) is 16.9. The number of piperidine rings is 1. The fourth-order valence-corrected chi connectivity index (χ4v) is 4.22. The van der Waals surface area contributed by atoms with Gasteiger partial charge in [-0.1, -0.05) is 19.9 Å². The molecule has 0 saturated carbocycles. The van der Waals surface area contributed by atoms with Gasteiger partial charge in [-0.25, -0.2) is 0 Å². The molecule has 2 atom stereocenters. The molecule has 2 fully saturated rings. The summed E-state index contributed by atoms with van der Waals surface area (Å²) < 4.78 is 11.3. The Morgan fingerprint density at radius 3 is 2.63 bits per heavy atom. The van der Waals surface area contributed by atoms with E-state index in [2.05, 4.69) is 24.5 Å². The van der Waals surface area contributed by atoms with Gasteiger partial charge in [0.2, 0.25) is 5.91 Å². The van der Waals surface area contributed by atoms with Gasteiger partial charge in [0, 0.05) is 25.0 Å². The fraction of sp³-hybridized carbons (Fsp3) is 0.682. The maximum atomic E-state index is 12.4. The zero-order chi connectivity index (χ0) is 19.2. The number of methoxy groups -OCH3 is 1. The minimum Gasteiger partial charge on any atom is -0.493 e. The molecule has 150 valence electrons. The topological polar surface area (TPSA) is 59.6 Å². The highest BCUT2D eigenvalue weighted by Crippen LogP contribution is 2.32. The first-order chi connectivity index (χ1) is 13.0. The van der Waals surface area contributed by atoms with E-state index in [0.717, 1.165) is 36.3 Å². The van der Waals surface area contributed by atoms with E-state index in [0.29, 0.717) is 43.5 Å². The lowest BCUT2D eigenvalue weighted by Crippen LogP contribution is -2.39. The molecular weight excluding hydrogens is 340 g/mol. The second-order valence-corrected chi connectivity index (χ2v) is 8.47. The molecule has 2 bridgehead atoms. The van der Waals surface area contributed by atoms with Gasteiger partial charge < -0.3 is 20.1 Å². The first-order valence-corrected chi connectivity index (χ1v) is 10.4. The Balaban J connectivity index is 1.46. The first-order valence-electron chi connectivity index (χ1n) is 10.4. The summed E-state index contributed by atoms with van der Waals surface area (Å²) in [6.07, 6.45) is 6.48. The Hall–Kier alpha value is -1.75. The molecule has 0 spiro atoms. The lowest BCUT2D eigenvalue weighted by Gasteiger charge is -2.28. The summed E-state index contributed by atoms with van der Waals surface area (Å²) in [5, 5.41) is 6.70. The number of carbonyl (C=O) groups is 1. The SMILES string of the molecule is COc1cc(CNC(=O)CC2CC3CCC(C2)N3)ccc1OCCC(C)C. The summed E-state index contributed by atoms with van der Waals surface area (Å²) in [5.41, 5.74) is 1.03. The molecular formula is C22H34N2O3.